The van der Waals surface area contributed by atoms with Crippen molar-refractivity contribution in [2.24, 2.45) is 0 Å². The standard InChI is InChI=1S/C17H24N2O5S/c1-4-23-14-9-13(3)15(10-12(14)2)25(21,22)19-7-5-17(6-8-19)11-18-16(20)24-17/h9-10H,4-8,11H2,1-3H3,(H,18,20). The van der Waals surface area contributed by atoms with Crippen LogP contribution in [-0.4, -0.2) is 50.7 Å². The lowest BCUT2D eigenvalue weighted by molar-refractivity contribution is 0.0173. The highest BCUT2D eigenvalue weighted by molar-refractivity contribution is 7.89. The van der Waals surface area contributed by atoms with Crippen molar-refractivity contribution >= 4 is 16.1 Å². The van der Waals surface area contributed by atoms with E-state index in [0.717, 1.165) is 5.56 Å². The average Bonchev–Trinajstić information content (AvgIpc) is 2.91. The molecule has 2 heterocycles. The van der Waals surface area contributed by atoms with Crippen LogP contribution in [0.1, 0.15) is 30.9 Å². The summed E-state index contributed by atoms with van der Waals surface area (Å²) in [7, 11) is -3.59. The molecule has 0 saturated carbocycles. The molecule has 2 saturated heterocycles. The molecule has 8 heteroatoms. The number of sulfonamides is 1. The van der Waals surface area contributed by atoms with Crippen LogP contribution in [0.25, 0.3) is 0 Å². The summed E-state index contributed by atoms with van der Waals surface area (Å²) in [5.41, 5.74) is 0.907. The van der Waals surface area contributed by atoms with Gasteiger partial charge < -0.3 is 14.8 Å². The van der Waals surface area contributed by atoms with Gasteiger partial charge >= 0.3 is 6.09 Å². The Kier molecular flexibility index (Phi) is 4.68. The van der Waals surface area contributed by atoms with Crippen molar-refractivity contribution in [2.75, 3.05) is 26.2 Å². The lowest BCUT2D eigenvalue weighted by Crippen LogP contribution is -2.48. The maximum Gasteiger partial charge on any atom is 0.407 e. The van der Waals surface area contributed by atoms with E-state index >= 15 is 0 Å². The van der Waals surface area contributed by atoms with Crippen LogP contribution in [0.3, 0.4) is 0 Å². The van der Waals surface area contributed by atoms with Crippen molar-refractivity contribution < 1.29 is 22.7 Å². The molecule has 0 atom stereocenters. The number of rotatable bonds is 4. The minimum Gasteiger partial charge on any atom is -0.494 e. The van der Waals surface area contributed by atoms with Crippen molar-refractivity contribution in [1.29, 1.82) is 0 Å². The number of piperidine rings is 1. The van der Waals surface area contributed by atoms with Gasteiger partial charge in [0.1, 0.15) is 11.4 Å². The first-order valence-corrected chi connectivity index (χ1v) is 9.92. The molecule has 0 aromatic heterocycles. The van der Waals surface area contributed by atoms with Gasteiger partial charge in [-0.3, -0.25) is 0 Å². The molecule has 0 radical (unpaired) electrons. The Balaban J connectivity index is 1.81. The zero-order chi connectivity index (χ0) is 18.2. The quantitative estimate of drug-likeness (QED) is 0.878. The van der Waals surface area contributed by atoms with Crippen LogP contribution in [0.5, 0.6) is 5.75 Å². The molecule has 0 unspecified atom stereocenters. The molecule has 0 bridgehead atoms. The minimum absolute atomic E-state index is 0.311. The first-order chi connectivity index (χ1) is 11.8. The van der Waals surface area contributed by atoms with E-state index in [4.69, 9.17) is 9.47 Å². The van der Waals surface area contributed by atoms with E-state index in [1.807, 2.05) is 13.8 Å². The number of carbonyl (C=O) groups is 1. The molecule has 1 N–H and O–H groups in total. The highest BCUT2D eigenvalue weighted by atomic mass is 32.2. The van der Waals surface area contributed by atoms with E-state index in [1.165, 1.54) is 4.31 Å². The lowest BCUT2D eigenvalue weighted by Gasteiger charge is -2.36. The fourth-order valence-corrected chi connectivity index (χ4v) is 5.14. The van der Waals surface area contributed by atoms with Crippen molar-refractivity contribution in [1.82, 2.24) is 9.62 Å². The molecule has 2 aliphatic rings. The third-order valence-corrected chi connectivity index (χ3v) is 6.93. The summed E-state index contributed by atoms with van der Waals surface area (Å²) in [6, 6.07) is 3.46. The van der Waals surface area contributed by atoms with Crippen molar-refractivity contribution in [2.45, 2.75) is 44.1 Å². The molecular weight excluding hydrogens is 344 g/mol. The number of nitrogens with one attached hydrogen (secondary N) is 1. The highest BCUT2D eigenvalue weighted by Crippen LogP contribution is 2.33. The fraction of sp³-hybridized carbons (Fsp3) is 0.588. The molecule has 1 aromatic carbocycles. The maximum absolute atomic E-state index is 13.1. The number of benzene rings is 1. The zero-order valence-corrected chi connectivity index (χ0v) is 15.6. The van der Waals surface area contributed by atoms with Gasteiger partial charge in [-0.25, -0.2) is 13.2 Å². The van der Waals surface area contributed by atoms with E-state index in [-0.39, 0.29) is 0 Å². The smallest absolute Gasteiger partial charge is 0.407 e. The molecule has 25 heavy (non-hydrogen) atoms. The second-order valence-electron chi connectivity index (χ2n) is 6.65. The number of hydrogen-bond acceptors (Lipinski definition) is 5. The van der Waals surface area contributed by atoms with Gasteiger partial charge in [0.15, 0.2) is 0 Å². The van der Waals surface area contributed by atoms with E-state index in [1.54, 1.807) is 19.1 Å². The summed E-state index contributed by atoms with van der Waals surface area (Å²) in [4.78, 5) is 11.6. The number of amides is 1. The summed E-state index contributed by atoms with van der Waals surface area (Å²) < 4.78 is 38.5. The minimum atomic E-state index is -3.59. The van der Waals surface area contributed by atoms with Gasteiger partial charge in [-0.05, 0) is 44.0 Å². The molecular formula is C17H24N2O5S. The first-order valence-electron chi connectivity index (χ1n) is 8.48. The number of carbonyl (C=O) groups excluding carboxylic acids is 1. The van der Waals surface area contributed by atoms with Gasteiger partial charge in [-0.1, -0.05) is 0 Å². The van der Waals surface area contributed by atoms with Crippen LogP contribution in [0.4, 0.5) is 4.79 Å². The van der Waals surface area contributed by atoms with Crippen LogP contribution >= 0.6 is 0 Å². The number of ether oxygens (including phenoxy) is 2. The van der Waals surface area contributed by atoms with Gasteiger partial charge in [0.25, 0.3) is 0 Å². The molecule has 1 amide bonds. The predicted octanol–water partition coefficient (Wildman–Crippen LogP) is 1.97. The van der Waals surface area contributed by atoms with Crippen LogP contribution in [0.15, 0.2) is 17.0 Å². The van der Waals surface area contributed by atoms with Gasteiger partial charge in [0.05, 0.1) is 18.0 Å². The molecule has 1 spiro atoms. The topological polar surface area (TPSA) is 84.9 Å². The molecule has 2 aliphatic heterocycles. The lowest BCUT2D eigenvalue weighted by atomic mass is 9.93. The van der Waals surface area contributed by atoms with Crippen LogP contribution in [-0.2, 0) is 14.8 Å². The Morgan fingerprint density at radius 1 is 1.24 bits per heavy atom. The number of hydrogen-bond donors (Lipinski definition) is 1. The Morgan fingerprint density at radius 2 is 1.92 bits per heavy atom. The second-order valence-corrected chi connectivity index (χ2v) is 8.55. The number of alkyl carbamates (subject to hydrolysis) is 1. The van der Waals surface area contributed by atoms with Crippen LogP contribution in [0.2, 0.25) is 0 Å². The average molecular weight is 368 g/mol. The Morgan fingerprint density at radius 3 is 2.48 bits per heavy atom. The van der Waals surface area contributed by atoms with E-state index in [2.05, 4.69) is 5.32 Å². The summed E-state index contributed by atoms with van der Waals surface area (Å²) in [5, 5.41) is 2.66. The summed E-state index contributed by atoms with van der Waals surface area (Å²) >= 11 is 0. The Hall–Kier alpha value is -1.80. The maximum atomic E-state index is 13.1. The molecule has 0 aliphatic carbocycles. The van der Waals surface area contributed by atoms with Gasteiger partial charge in [-0.15, -0.1) is 0 Å². The fourth-order valence-electron chi connectivity index (χ4n) is 3.41. The van der Waals surface area contributed by atoms with Crippen molar-refractivity contribution in [3.63, 3.8) is 0 Å². The Labute approximate surface area is 148 Å². The zero-order valence-electron chi connectivity index (χ0n) is 14.8. The first kappa shape index (κ1) is 18.0. The Bertz CT molecular complexity index is 782. The van der Waals surface area contributed by atoms with E-state index in [0.29, 0.717) is 55.3 Å². The summed E-state index contributed by atoms with van der Waals surface area (Å²) in [6.07, 6.45) is 0.578. The highest BCUT2D eigenvalue weighted by Gasteiger charge is 2.45. The van der Waals surface area contributed by atoms with E-state index < -0.39 is 21.7 Å². The summed E-state index contributed by atoms with van der Waals surface area (Å²) in [6.45, 7) is 7.18. The van der Waals surface area contributed by atoms with Gasteiger partial charge in [0.2, 0.25) is 10.0 Å². The van der Waals surface area contributed by atoms with Crippen molar-refractivity contribution in [3.8, 4) is 5.75 Å². The van der Waals surface area contributed by atoms with Crippen LogP contribution in [0, 0.1) is 13.8 Å². The van der Waals surface area contributed by atoms with Crippen LogP contribution < -0.4 is 10.1 Å². The molecule has 138 valence electrons. The van der Waals surface area contributed by atoms with Crippen molar-refractivity contribution in [3.05, 3.63) is 23.3 Å². The number of nitrogens with zero attached hydrogens (tertiary/aromatic N) is 1. The largest absolute Gasteiger partial charge is 0.494 e. The molecule has 7 nitrogen and oxygen atoms in total. The molecule has 3 rings (SSSR count). The third kappa shape index (κ3) is 3.32. The third-order valence-electron chi connectivity index (χ3n) is 4.89. The molecule has 1 aromatic rings. The molecule has 2 fully saturated rings. The second kappa shape index (κ2) is 6.49. The predicted molar refractivity (Wildman–Crippen MR) is 92.3 cm³/mol. The SMILES string of the molecule is CCOc1cc(C)c(S(=O)(=O)N2CCC3(CC2)CNC(=O)O3)cc1C. The normalized spacial score (nSPS) is 20.4. The van der Waals surface area contributed by atoms with Gasteiger partial charge in [-0.2, -0.15) is 4.31 Å². The van der Waals surface area contributed by atoms with Gasteiger partial charge in [0, 0.05) is 25.9 Å². The number of aryl methyl sites for hydroxylation is 2. The monoisotopic (exact) mass is 368 g/mol. The van der Waals surface area contributed by atoms with E-state index in [9.17, 15) is 13.2 Å². The summed E-state index contributed by atoms with van der Waals surface area (Å²) in [5.74, 6) is 0.709.